The van der Waals surface area contributed by atoms with E-state index >= 15 is 0 Å². The summed E-state index contributed by atoms with van der Waals surface area (Å²) in [4.78, 5) is 4.42. The second kappa shape index (κ2) is 5.59. The van der Waals surface area contributed by atoms with Gasteiger partial charge in [-0.15, -0.1) is 0 Å². The Balaban J connectivity index is 1.92. The monoisotopic (exact) mass is 331 g/mol. The lowest BCUT2D eigenvalue weighted by molar-refractivity contribution is -0.660. The molecule has 0 aliphatic carbocycles. The maximum absolute atomic E-state index is 4.42. The van der Waals surface area contributed by atoms with Crippen LogP contribution < -0.4 is 4.57 Å². The number of benzene rings is 1. The fraction of sp³-hybridized carbons (Fsp3) is 0.238. The number of nitrogens with zero attached hydrogens (tertiary/aromatic N) is 4. The molecule has 4 nitrogen and oxygen atoms in total. The summed E-state index contributed by atoms with van der Waals surface area (Å²) in [5, 5.41) is 0. The minimum absolute atomic E-state index is 0.950. The van der Waals surface area contributed by atoms with E-state index < -0.39 is 0 Å². The molecule has 0 aliphatic rings. The molecule has 0 unspecified atom stereocenters. The van der Waals surface area contributed by atoms with Crippen molar-refractivity contribution in [1.82, 2.24) is 14.0 Å². The Kier molecular flexibility index (Phi) is 3.49. The van der Waals surface area contributed by atoms with Crippen LogP contribution >= 0.6 is 0 Å². The minimum atomic E-state index is 0.950. The second-order valence-electron chi connectivity index (χ2n) is 6.84. The Morgan fingerprint density at radius 1 is 1.04 bits per heavy atom. The van der Waals surface area contributed by atoms with Crippen molar-refractivity contribution in [2.75, 3.05) is 0 Å². The van der Waals surface area contributed by atoms with E-state index in [4.69, 9.17) is 0 Å². The molecule has 0 aliphatic heterocycles. The van der Waals surface area contributed by atoms with Gasteiger partial charge in [-0.3, -0.25) is 4.40 Å². The van der Waals surface area contributed by atoms with Gasteiger partial charge in [0.2, 0.25) is 11.5 Å². The molecule has 25 heavy (non-hydrogen) atoms. The molecule has 3 aromatic heterocycles. The van der Waals surface area contributed by atoms with Crippen LogP contribution in [0.5, 0.6) is 0 Å². The maximum Gasteiger partial charge on any atom is 0.230 e. The van der Waals surface area contributed by atoms with Crippen LogP contribution in [0.2, 0.25) is 0 Å². The maximum atomic E-state index is 4.42. The van der Waals surface area contributed by atoms with E-state index in [2.05, 4.69) is 90.0 Å². The molecule has 0 atom stereocenters. The molecule has 1 aromatic carbocycles. The summed E-state index contributed by atoms with van der Waals surface area (Å²) in [5.74, 6) is 0.950. The predicted molar refractivity (Wildman–Crippen MR) is 100 cm³/mol. The number of aromatic nitrogens is 4. The van der Waals surface area contributed by atoms with Gasteiger partial charge in [0.05, 0.1) is 0 Å². The fourth-order valence-electron chi connectivity index (χ4n) is 3.74. The van der Waals surface area contributed by atoms with Crippen molar-refractivity contribution in [1.29, 1.82) is 0 Å². The van der Waals surface area contributed by atoms with E-state index in [1.807, 2.05) is 12.4 Å². The molecular formula is C21H23N4+. The number of imidazole rings is 2. The Morgan fingerprint density at radius 2 is 1.76 bits per heavy atom. The van der Waals surface area contributed by atoms with Gasteiger partial charge in [0, 0.05) is 37.3 Å². The van der Waals surface area contributed by atoms with Gasteiger partial charge in [-0.05, 0) is 43.0 Å². The zero-order valence-electron chi connectivity index (χ0n) is 15.4. The highest BCUT2D eigenvalue weighted by Gasteiger charge is 2.20. The minimum Gasteiger partial charge on any atom is -0.308 e. The number of aryl methyl sites for hydroxylation is 5. The zero-order valence-corrected chi connectivity index (χ0v) is 15.4. The molecule has 4 heteroatoms. The molecule has 0 fully saturated rings. The molecule has 0 saturated heterocycles. The number of fused-ring (bicyclic) bond motifs is 1. The van der Waals surface area contributed by atoms with Crippen LogP contribution in [0.25, 0.3) is 28.3 Å². The molecule has 0 saturated carbocycles. The third-order valence-electron chi connectivity index (χ3n) is 5.06. The number of hydrogen-bond acceptors (Lipinski definition) is 1. The molecule has 3 heterocycles. The summed E-state index contributed by atoms with van der Waals surface area (Å²) in [6.45, 7) is 6.56. The molecule has 4 rings (SSSR count). The topological polar surface area (TPSA) is 26.1 Å². The van der Waals surface area contributed by atoms with Crippen molar-refractivity contribution in [3.63, 3.8) is 0 Å². The average molecular weight is 331 g/mol. The average Bonchev–Trinajstić information content (AvgIpc) is 3.13. The van der Waals surface area contributed by atoms with E-state index in [9.17, 15) is 0 Å². The summed E-state index contributed by atoms with van der Waals surface area (Å²) >= 11 is 0. The number of pyridine rings is 1. The van der Waals surface area contributed by atoms with Crippen molar-refractivity contribution in [2.45, 2.75) is 20.8 Å². The van der Waals surface area contributed by atoms with Gasteiger partial charge in [0.15, 0.2) is 6.20 Å². The molecule has 4 aromatic rings. The SMILES string of the molecule is Cc1cc(-c2cn3ccnc3n2C)[n+](C)cc1-c1c(C)cccc1C. The van der Waals surface area contributed by atoms with Crippen LogP contribution in [-0.2, 0) is 14.1 Å². The molecule has 126 valence electrons. The van der Waals surface area contributed by atoms with Gasteiger partial charge in [-0.25, -0.2) is 4.98 Å². The Morgan fingerprint density at radius 3 is 2.44 bits per heavy atom. The fourth-order valence-corrected chi connectivity index (χ4v) is 3.74. The van der Waals surface area contributed by atoms with Gasteiger partial charge < -0.3 is 4.57 Å². The number of rotatable bonds is 2. The normalized spacial score (nSPS) is 11.4. The van der Waals surface area contributed by atoms with Crippen molar-refractivity contribution in [3.8, 4) is 22.5 Å². The van der Waals surface area contributed by atoms with E-state index in [0.717, 1.165) is 11.5 Å². The summed E-state index contributed by atoms with van der Waals surface area (Å²) in [6.07, 6.45) is 8.19. The van der Waals surface area contributed by atoms with Crippen molar-refractivity contribution >= 4 is 5.78 Å². The lowest BCUT2D eigenvalue weighted by Crippen LogP contribution is -2.32. The highest BCUT2D eigenvalue weighted by atomic mass is 15.2. The van der Waals surface area contributed by atoms with Gasteiger partial charge >= 0.3 is 0 Å². The van der Waals surface area contributed by atoms with Gasteiger partial charge in [0.1, 0.15) is 12.7 Å². The molecule has 0 radical (unpaired) electrons. The van der Waals surface area contributed by atoms with Crippen LogP contribution in [0.3, 0.4) is 0 Å². The van der Waals surface area contributed by atoms with Crippen molar-refractivity contribution in [2.24, 2.45) is 14.1 Å². The van der Waals surface area contributed by atoms with Gasteiger partial charge in [0.25, 0.3) is 0 Å². The highest BCUT2D eigenvalue weighted by Crippen LogP contribution is 2.30. The molecule has 0 bridgehead atoms. The molecular weight excluding hydrogens is 308 g/mol. The number of hydrogen-bond donors (Lipinski definition) is 0. The van der Waals surface area contributed by atoms with Crippen LogP contribution in [-0.4, -0.2) is 14.0 Å². The van der Waals surface area contributed by atoms with Crippen LogP contribution in [0, 0.1) is 20.8 Å². The van der Waals surface area contributed by atoms with Crippen molar-refractivity contribution in [3.05, 3.63) is 65.7 Å². The summed E-state index contributed by atoms with van der Waals surface area (Å²) in [5.41, 5.74) is 8.87. The third-order valence-corrected chi connectivity index (χ3v) is 5.06. The van der Waals surface area contributed by atoms with E-state index in [1.54, 1.807) is 0 Å². The Bertz CT molecular complexity index is 1080. The Labute approximate surface area is 148 Å². The first-order chi connectivity index (χ1) is 12.0. The quantitative estimate of drug-likeness (QED) is 0.514. The van der Waals surface area contributed by atoms with Crippen LogP contribution in [0.4, 0.5) is 0 Å². The highest BCUT2D eigenvalue weighted by molar-refractivity contribution is 5.73. The summed E-state index contributed by atoms with van der Waals surface area (Å²) < 4.78 is 6.40. The van der Waals surface area contributed by atoms with Crippen LogP contribution in [0.15, 0.2) is 49.1 Å². The lowest BCUT2D eigenvalue weighted by Gasteiger charge is -2.12. The van der Waals surface area contributed by atoms with Crippen molar-refractivity contribution < 1.29 is 4.57 Å². The first kappa shape index (κ1) is 15.6. The van der Waals surface area contributed by atoms with Gasteiger partial charge in [-0.1, -0.05) is 18.2 Å². The predicted octanol–water partition coefficient (Wildman–Crippen LogP) is 3.76. The summed E-state index contributed by atoms with van der Waals surface area (Å²) in [7, 11) is 4.17. The van der Waals surface area contributed by atoms with E-state index in [1.165, 1.54) is 33.5 Å². The van der Waals surface area contributed by atoms with Gasteiger partial charge in [-0.2, -0.15) is 4.57 Å². The third kappa shape index (κ3) is 2.37. The Hall–Kier alpha value is -2.88. The summed E-state index contributed by atoms with van der Waals surface area (Å²) in [6, 6.07) is 8.76. The first-order valence-electron chi connectivity index (χ1n) is 8.53. The lowest BCUT2D eigenvalue weighted by atomic mass is 9.93. The molecule has 0 N–H and O–H groups in total. The van der Waals surface area contributed by atoms with E-state index in [-0.39, 0.29) is 0 Å². The molecule has 0 amide bonds. The largest absolute Gasteiger partial charge is 0.308 e. The van der Waals surface area contributed by atoms with E-state index in [0.29, 0.717) is 0 Å². The van der Waals surface area contributed by atoms with Crippen LogP contribution in [0.1, 0.15) is 16.7 Å². The standard InChI is InChI=1S/C21H23N4/c1-14-7-6-8-15(2)20(14)17-12-23(4)18(11-16(17)3)19-13-25-10-9-22-21(25)24(19)5/h6-13H,1-5H3/q+1. The first-order valence-corrected chi connectivity index (χ1v) is 8.53. The smallest absolute Gasteiger partial charge is 0.230 e. The second-order valence-corrected chi connectivity index (χ2v) is 6.84. The molecule has 0 spiro atoms. The zero-order chi connectivity index (χ0) is 17.7.